The topological polar surface area (TPSA) is 81.2 Å². The van der Waals surface area contributed by atoms with Crippen molar-refractivity contribution in [3.8, 4) is 0 Å². The molecule has 0 saturated heterocycles. The highest BCUT2D eigenvalue weighted by atomic mass is 79.9. The molecule has 0 aliphatic heterocycles. The van der Waals surface area contributed by atoms with Gasteiger partial charge in [-0.2, -0.15) is 0 Å². The van der Waals surface area contributed by atoms with Crippen molar-refractivity contribution in [2.75, 3.05) is 5.32 Å². The molecule has 1 atom stereocenters. The van der Waals surface area contributed by atoms with E-state index >= 15 is 0 Å². The molecule has 0 spiro atoms. The molecule has 6 nitrogen and oxygen atoms in total. The molecule has 0 aliphatic rings. The predicted molar refractivity (Wildman–Crippen MR) is 78.8 cm³/mol. The Hall–Kier alpha value is -1.89. The van der Waals surface area contributed by atoms with Crippen LogP contribution >= 0.6 is 15.9 Å². The predicted octanol–water partition coefficient (Wildman–Crippen LogP) is 4.14. The largest absolute Gasteiger partial charge is 0.373 e. The summed E-state index contributed by atoms with van der Waals surface area (Å²) >= 11 is 3.24. The van der Waals surface area contributed by atoms with Gasteiger partial charge in [-0.25, -0.2) is 0 Å². The molecule has 2 rings (SSSR count). The Balaban J connectivity index is 2.33. The Labute approximate surface area is 124 Å². The van der Waals surface area contributed by atoms with Crippen LogP contribution in [0.2, 0.25) is 0 Å². The molecule has 1 N–H and O–H groups in total. The summed E-state index contributed by atoms with van der Waals surface area (Å²) in [5, 5.41) is 18.1. The normalized spacial score (nSPS) is 12.2. The van der Waals surface area contributed by atoms with E-state index in [0.717, 1.165) is 11.3 Å². The fraction of sp³-hybridized carbons (Fsp3) is 0.308. The molecule has 2 aromatic rings. The maximum atomic E-state index is 11.1. The van der Waals surface area contributed by atoms with Crippen LogP contribution in [0.15, 0.2) is 27.2 Å². The van der Waals surface area contributed by atoms with Gasteiger partial charge in [0, 0.05) is 16.1 Å². The zero-order chi connectivity index (χ0) is 14.9. The summed E-state index contributed by atoms with van der Waals surface area (Å²) in [5.41, 5.74) is 2.19. The Kier molecular flexibility index (Phi) is 4.08. The third kappa shape index (κ3) is 2.82. The number of nitrogens with one attached hydrogen (secondary N) is 1. The van der Waals surface area contributed by atoms with E-state index in [0.29, 0.717) is 15.9 Å². The van der Waals surface area contributed by atoms with E-state index in [2.05, 4.69) is 26.4 Å². The van der Waals surface area contributed by atoms with E-state index in [-0.39, 0.29) is 11.7 Å². The number of hydrogen-bond acceptors (Lipinski definition) is 5. The molecular formula is C13H14BrN3O3. The SMILES string of the molecule is Cc1noc(C)c1C(C)Nc1ccc(Br)cc1[N+](=O)[O-]. The molecule has 1 heterocycles. The number of benzene rings is 1. The smallest absolute Gasteiger partial charge is 0.293 e. The molecule has 0 saturated carbocycles. The van der Waals surface area contributed by atoms with Crippen LogP contribution in [0.5, 0.6) is 0 Å². The molecule has 106 valence electrons. The van der Waals surface area contributed by atoms with Crippen LogP contribution in [0.25, 0.3) is 0 Å². The van der Waals surface area contributed by atoms with Crippen LogP contribution in [0.4, 0.5) is 11.4 Å². The van der Waals surface area contributed by atoms with E-state index in [1.807, 2.05) is 20.8 Å². The van der Waals surface area contributed by atoms with Crippen molar-refractivity contribution in [3.05, 3.63) is 49.8 Å². The minimum atomic E-state index is -0.410. The lowest BCUT2D eigenvalue weighted by Crippen LogP contribution is -2.10. The van der Waals surface area contributed by atoms with Gasteiger partial charge in [0.2, 0.25) is 0 Å². The standard InChI is InChI=1S/C13H14BrN3O3/c1-7(13-8(2)16-20-9(13)3)15-11-5-4-10(14)6-12(11)17(18)19/h4-7,15H,1-3H3. The van der Waals surface area contributed by atoms with Crippen molar-refractivity contribution < 1.29 is 9.45 Å². The Morgan fingerprint density at radius 2 is 2.15 bits per heavy atom. The first-order valence-corrected chi connectivity index (χ1v) is 6.82. The molecule has 0 amide bonds. The summed E-state index contributed by atoms with van der Waals surface area (Å²) in [6.45, 7) is 5.59. The van der Waals surface area contributed by atoms with Crippen molar-refractivity contribution in [2.45, 2.75) is 26.8 Å². The second-order valence-electron chi connectivity index (χ2n) is 4.52. The van der Waals surface area contributed by atoms with Crippen LogP contribution in [0.1, 0.15) is 30.0 Å². The number of nitrogens with zero attached hydrogens (tertiary/aromatic N) is 2. The molecule has 1 unspecified atom stereocenters. The van der Waals surface area contributed by atoms with E-state index in [4.69, 9.17) is 4.52 Å². The van der Waals surface area contributed by atoms with Crippen molar-refractivity contribution in [1.29, 1.82) is 0 Å². The van der Waals surface area contributed by atoms with Gasteiger partial charge in [-0.3, -0.25) is 10.1 Å². The molecule has 0 bridgehead atoms. The van der Waals surface area contributed by atoms with Gasteiger partial charge in [-0.15, -0.1) is 0 Å². The summed E-state index contributed by atoms with van der Waals surface area (Å²) < 4.78 is 5.79. The van der Waals surface area contributed by atoms with E-state index < -0.39 is 4.92 Å². The lowest BCUT2D eigenvalue weighted by atomic mass is 10.1. The van der Waals surface area contributed by atoms with Gasteiger partial charge in [-0.1, -0.05) is 21.1 Å². The molecular weight excluding hydrogens is 326 g/mol. The van der Waals surface area contributed by atoms with Crippen LogP contribution in [0.3, 0.4) is 0 Å². The van der Waals surface area contributed by atoms with E-state index in [1.54, 1.807) is 12.1 Å². The Morgan fingerprint density at radius 1 is 1.45 bits per heavy atom. The van der Waals surface area contributed by atoms with Crippen molar-refractivity contribution in [2.24, 2.45) is 0 Å². The minimum Gasteiger partial charge on any atom is -0.373 e. The van der Waals surface area contributed by atoms with Crippen LogP contribution < -0.4 is 5.32 Å². The van der Waals surface area contributed by atoms with Gasteiger partial charge in [-0.05, 0) is 32.9 Å². The monoisotopic (exact) mass is 339 g/mol. The number of nitro groups is 1. The first-order valence-electron chi connectivity index (χ1n) is 6.03. The zero-order valence-electron chi connectivity index (χ0n) is 11.3. The second-order valence-corrected chi connectivity index (χ2v) is 5.44. The van der Waals surface area contributed by atoms with Crippen LogP contribution in [-0.2, 0) is 0 Å². The lowest BCUT2D eigenvalue weighted by molar-refractivity contribution is -0.384. The van der Waals surface area contributed by atoms with Gasteiger partial charge in [0.25, 0.3) is 5.69 Å². The number of rotatable bonds is 4. The zero-order valence-corrected chi connectivity index (χ0v) is 12.9. The van der Waals surface area contributed by atoms with Crippen LogP contribution in [0, 0.1) is 24.0 Å². The first kappa shape index (κ1) is 14.5. The van der Waals surface area contributed by atoms with Gasteiger partial charge in [0.05, 0.1) is 16.7 Å². The maximum Gasteiger partial charge on any atom is 0.293 e. The highest BCUT2D eigenvalue weighted by Crippen LogP contribution is 2.32. The molecule has 1 aromatic heterocycles. The number of hydrogen-bond donors (Lipinski definition) is 1. The van der Waals surface area contributed by atoms with E-state index in [9.17, 15) is 10.1 Å². The van der Waals surface area contributed by atoms with Gasteiger partial charge < -0.3 is 9.84 Å². The summed E-state index contributed by atoms with van der Waals surface area (Å²) in [4.78, 5) is 10.7. The van der Waals surface area contributed by atoms with Crippen molar-refractivity contribution >= 4 is 27.3 Å². The minimum absolute atomic E-state index is 0.0259. The third-order valence-corrected chi connectivity index (χ3v) is 3.54. The Bertz CT molecular complexity index is 635. The third-order valence-electron chi connectivity index (χ3n) is 3.05. The van der Waals surface area contributed by atoms with E-state index in [1.165, 1.54) is 6.07 Å². The molecule has 0 aliphatic carbocycles. The van der Waals surface area contributed by atoms with Crippen molar-refractivity contribution in [3.63, 3.8) is 0 Å². The average molecular weight is 340 g/mol. The van der Waals surface area contributed by atoms with Crippen molar-refractivity contribution in [1.82, 2.24) is 5.16 Å². The number of halogens is 1. The number of aromatic nitrogens is 1. The van der Waals surface area contributed by atoms with Gasteiger partial charge >= 0.3 is 0 Å². The fourth-order valence-corrected chi connectivity index (χ4v) is 2.54. The number of aryl methyl sites for hydroxylation is 2. The highest BCUT2D eigenvalue weighted by Gasteiger charge is 2.20. The summed E-state index contributed by atoms with van der Waals surface area (Å²) in [7, 11) is 0. The molecule has 0 radical (unpaired) electrons. The van der Waals surface area contributed by atoms with Gasteiger partial charge in [0.1, 0.15) is 11.4 Å². The maximum absolute atomic E-state index is 11.1. The molecule has 0 fully saturated rings. The second kappa shape index (κ2) is 5.62. The first-order chi connectivity index (χ1) is 9.40. The fourth-order valence-electron chi connectivity index (χ4n) is 2.19. The highest BCUT2D eigenvalue weighted by molar-refractivity contribution is 9.10. The summed E-state index contributed by atoms with van der Waals surface area (Å²) in [5.74, 6) is 0.710. The molecule has 1 aromatic carbocycles. The molecule has 20 heavy (non-hydrogen) atoms. The summed E-state index contributed by atoms with van der Waals surface area (Å²) in [6.07, 6.45) is 0. The quantitative estimate of drug-likeness (QED) is 0.668. The van der Waals surface area contributed by atoms with Gasteiger partial charge in [0.15, 0.2) is 0 Å². The average Bonchev–Trinajstić information content (AvgIpc) is 2.71. The lowest BCUT2D eigenvalue weighted by Gasteiger charge is -2.15. The summed E-state index contributed by atoms with van der Waals surface area (Å²) in [6, 6.07) is 4.77. The van der Waals surface area contributed by atoms with Crippen LogP contribution in [-0.4, -0.2) is 10.1 Å². The molecule has 7 heteroatoms. The Morgan fingerprint density at radius 3 is 2.70 bits per heavy atom. The number of nitro benzene ring substituents is 1. The number of anilines is 1.